The predicted octanol–water partition coefficient (Wildman–Crippen LogP) is 1.34. The van der Waals surface area contributed by atoms with Gasteiger partial charge in [0.15, 0.2) is 0 Å². The van der Waals surface area contributed by atoms with Gasteiger partial charge in [-0.05, 0) is 39.8 Å². The second-order valence-corrected chi connectivity index (χ2v) is 6.59. The maximum atomic E-state index is 12.7. The van der Waals surface area contributed by atoms with Gasteiger partial charge in [0, 0.05) is 12.6 Å². The van der Waals surface area contributed by atoms with Gasteiger partial charge < -0.3 is 10.6 Å². The van der Waals surface area contributed by atoms with E-state index in [0.717, 1.165) is 0 Å². The van der Waals surface area contributed by atoms with Gasteiger partial charge in [0.05, 0.1) is 11.4 Å². The highest BCUT2D eigenvalue weighted by Gasteiger charge is 2.24. The Bertz CT molecular complexity index is 826. The summed E-state index contributed by atoms with van der Waals surface area (Å²) in [6.07, 6.45) is 0. The van der Waals surface area contributed by atoms with Crippen LogP contribution in [-0.2, 0) is 16.6 Å². The smallest absolute Gasteiger partial charge is 0.313 e. The molecule has 24 heavy (non-hydrogen) atoms. The predicted molar refractivity (Wildman–Crippen MR) is 92.3 cm³/mol. The zero-order chi connectivity index (χ0) is 18.1. The van der Waals surface area contributed by atoms with Crippen LogP contribution < -0.4 is 16.2 Å². The summed E-state index contributed by atoms with van der Waals surface area (Å²) in [5.41, 5.74) is 0.395. The van der Waals surface area contributed by atoms with Crippen molar-refractivity contribution in [3.05, 3.63) is 46.4 Å². The van der Waals surface area contributed by atoms with Crippen LogP contribution in [0.3, 0.4) is 0 Å². The molecule has 7 heteroatoms. The average Bonchev–Trinajstić information content (AvgIpc) is 2.70. The van der Waals surface area contributed by atoms with Gasteiger partial charge in [0.25, 0.3) is 5.56 Å². The number of benzene rings is 1. The van der Waals surface area contributed by atoms with E-state index in [0.29, 0.717) is 11.4 Å². The summed E-state index contributed by atoms with van der Waals surface area (Å²) in [4.78, 5) is 36.6. The van der Waals surface area contributed by atoms with Crippen molar-refractivity contribution in [1.29, 1.82) is 0 Å². The van der Waals surface area contributed by atoms with Crippen molar-refractivity contribution >= 4 is 17.5 Å². The van der Waals surface area contributed by atoms with E-state index in [4.69, 9.17) is 0 Å². The Kier molecular flexibility index (Phi) is 4.64. The SMILES string of the molecule is Cc1c(NC(=O)C(=O)NC(C)(C)C)c(=O)n(-c2ccccc2)n1C. The van der Waals surface area contributed by atoms with Crippen LogP contribution in [0.2, 0.25) is 0 Å². The highest BCUT2D eigenvalue weighted by molar-refractivity contribution is 6.39. The number of rotatable bonds is 2. The second kappa shape index (κ2) is 6.35. The minimum atomic E-state index is -0.865. The first kappa shape index (κ1) is 17.5. The van der Waals surface area contributed by atoms with Crippen LogP contribution in [0.1, 0.15) is 26.5 Å². The van der Waals surface area contributed by atoms with E-state index < -0.39 is 22.9 Å². The Morgan fingerprint density at radius 2 is 1.62 bits per heavy atom. The van der Waals surface area contributed by atoms with Crippen LogP contribution in [0.5, 0.6) is 0 Å². The number of carbonyl (C=O) groups excluding carboxylic acids is 2. The van der Waals surface area contributed by atoms with E-state index >= 15 is 0 Å². The summed E-state index contributed by atoms with van der Waals surface area (Å²) in [6, 6.07) is 9.07. The van der Waals surface area contributed by atoms with E-state index in [-0.39, 0.29) is 5.69 Å². The number of nitrogens with one attached hydrogen (secondary N) is 2. The molecule has 0 radical (unpaired) electrons. The van der Waals surface area contributed by atoms with Crippen LogP contribution in [0.4, 0.5) is 5.69 Å². The Labute approximate surface area is 140 Å². The summed E-state index contributed by atoms with van der Waals surface area (Å²) in [7, 11) is 1.72. The van der Waals surface area contributed by atoms with E-state index in [1.165, 1.54) is 4.68 Å². The molecule has 1 aromatic heterocycles. The van der Waals surface area contributed by atoms with Crippen molar-refractivity contribution in [2.45, 2.75) is 33.2 Å². The third-order valence-corrected chi connectivity index (χ3v) is 3.49. The maximum absolute atomic E-state index is 12.7. The Morgan fingerprint density at radius 3 is 2.17 bits per heavy atom. The van der Waals surface area contributed by atoms with Crippen LogP contribution in [0.15, 0.2) is 35.1 Å². The molecule has 0 aliphatic heterocycles. The summed E-state index contributed by atoms with van der Waals surface area (Å²) < 4.78 is 3.07. The first-order chi connectivity index (χ1) is 11.1. The van der Waals surface area contributed by atoms with Crippen molar-refractivity contribution in [2.75, 3.05) is 5.32 Å². The van der Waals surface area contributed by atoms with Gasteiger partial charge in [-0.15, -0.1) is 0 Å². The lowest BCUT2D eigenvalue weighted by molar-refractivity contribution is -0.137. The molecule has 2 aromatic rings. The zero-order valence-electron chi connectivity index (χ0n) is 14.5. The minimum absolute atomic E-state index is 0.0930. The molecule has 0 saturated carbocycles. The Morgan fingerprint density at radius 1 is 1.04 bits per heavy atom. The van der Waals surface area contributed by atoms with Crippen LogP contribution >= 0.6 is 0 Å². The van der Waals surface area contributed by atoms with Crippen molar-refractivity contribution in [1.82, 2.24) is 14.7 Å². The molecule has 7 nitrogen and oxygen atoms in total. The number of hydrogen-bond donors (Lipinski definition) is 2. The number of para-hydroxylation sites is 1. The third kappa shape index (κ3) is 3.56. The van der Waals surface area contributed by atoms with E-state index in [1.807, 2.05) is 18.2 Å². The average molecular weight is 330 g/mol. The van der Waals surface area contributed by atoms with Crippen molar-refractivity contribution in [3.8, 4) is 5.69 Å². The highest BCUT2D eigenvalue weighted by Crippen LogP contribution is 2.13. The normalized spacial score (nSPS) is 11.2. The third-order valence-electron chi connectivity index (χ3n) is 3.49. The molecule has 0 bridgehead atoms. The Hall–Kier alpha value is -2.83. The van der Waals surface area contributed by atoms with E-state index in [1.54, 1.807) is 51.6 Å². The molecule has 0 fully saturated rings. The zero-order valence-corrected chi connectivity index (χ0v) is 14.5. The van der Waals surface area contributed by atoms with Gasteiger partial charge in [0.1, 0.15) is 5.69 Å². The quantitative estimate of drug-likeness (QED) is 0.815. The molecule has 0 saturated heterocycles. The van der Waals surface area contributed by atoms with Gasteiger partial charge in [-0.1, -0.05) is 18.2 Å². The van der Waals surface area contributed by atoms with Gasteiger partial charge >= 0.3 is 11.8 Å². The molecule has 0 spiro atoms. The molecule has 2 rings (SSSR count). The fraction of sp³-hybridized carbons (Fsp3) is 0.353. The number of nitrogens with zero attached hydrogens (tertiary/aromatic N) is 2. The lowest BCUT2D eigenvalue weighted by Gasteiger charge is -2.19. The second-order valence-electron chi connectivity index (χ2n) is 6.59. The molecule has 0 aliphatic carbocycles. The number of hydrogen-bond acceptors (Lipinski definition) is 3. The lowest BCUT2D eigenvalue weighted by atomic mass is 10.1. The number of carbonyl (C=O) groups is 2. The molecular formula is C17H22N4O3. The number of aromatic nitrogens is 2. The van der Waals surface area contributed by atoms with Crippen LogP contribution in [0.25, 0.3) is 5.69 Å². The first-order valence-corrected chi connectivity index (χ1v) is 7.59. The number of anilines is 1. The van der Waals surface area contributed by atoms with E-state index in [9.17, 15) is 14.4 Å². The summed E-state index contributed by atoms with van der Waals surface area (Å²) in [6.45, 7) is 7.02. The standard InChI is InChI=1S/C17H22N4O3/c1-11-13(18-14(22)15(23)19-17(2,3)4)16(24)21(20(11)5)12-9-7-6-8-10-12/h6-10H,1-5H3,(H,18,22)(H,19,23). The monoisotopic (exact) mass is 330 g/mol. The number of amides is 2. The summed E-state index contributed by atoms with van der Waals surface area (Å²) >= 11 is 0. The minimum Gasteiger partial charge on any atom is -0.343 e. The summed E-state index contributed by atoms with van der Waals surface area (Å²) in [5.74, 6) is -1.65. The van der Waals surface area contributed by atoms with Gasteiger partial charge in [-0.25, -0.2) is 4.68 Å². The van der Waals surface area contributed by atoms with Gasteiger partial charge in [0.2, 0.25) is 0 Å². The highest BCUT2D eigenvalue weighted by atomic mass is 16.2. The van der Waals surface area contributed by atoms with Crippen molar-refractivity contribution < 1.29 is 9.59 Å². The molecule has 1 heterocycles. The lowest BCUT2D eigenvalue weighted by Crippen LogP contribution is -2.46. The molecule has 2 amide bonds. The molecule has 0 aliphatic rings. The Balaban J connectivity index is 2.35. The molecule has 2 N–H and O–H groups in total. The van der Waals surface area contributed by atoms with Gasteiger partial charge in [-0.3, -0.25) is 19.1 Å². The van der Waals surface area contributed by atoms with Crippen molar-refractivity contribution in [2.24, 2.45) is 7.05 Å². The molecular weight excluding hydrogens is 308 g/mol. The molecule has 0 unspecified atom stereocenters. The fourth-order valence-corrected chi connectivity index (χ4v) is 2.28. The maximum Gasteiger partial charge on any atom is 0.313 e. The van der Waals surface area contributed by atoms with Crippen LogP contribution in [0, 0.1) is 6.92 Å². The van der Waals surface area contributed by atoms with Crippen LogP contribution in [-0.4, -0.2) is 26.7 Å². The topological polar surface area (TPSA) is 85.1 Å². The molecule has 1 aromatic carbocycles. The molecule has 0 atom stereocenters. The first-order valence-electron chi connectivity index (χ1n) is 7.59. The van der Waals surface area contributed by atoms with Gasteiger partial charge in [-0.2, -0.15) is 0 Å². The largest absolute Gasteiger partial charge is 0.343 e. The fourth-order valence-electron chi connectivity index (χ4n) is 2.28. The van der Waals surface area contributed by atoms with Crippen molar-refractivity contribution in [3.63, 3.8) is 0 Å². The molecule has 128 valence electrons. The summed E-state index contributed by atoms with van der Waals surface area (Å²) in [5, 5.41) is 4.99. The van der Waals surface area contributed by atoms with E-state index in [2.05, 4.69) is 10.6 Å².